The third-order valence-corrected chi connectivity index (χ3v) is 2.76. The number of rotatable bonds is 5. The maximum absolute atomic E-state index is 11.8. The van der Waals surface area contributed by atoms with Crippen LogP contribution in [0.15, 0.2) is 12.1 Å². The number of carboxylic acids is 1. The van der Waals surface area contributed by atoms with Crippen LogP contribution < -0.4 is 10.1 Å². The lowest BCUT2D eigenvalue weighted by molar-refractivity contribution is -0.136. The first-order valence-electron chi connectivity index (χ1n) is 5.30. The summed E-state index contributed by atoms with van der Waals surface area (Å²) in [7, 11) is 1.46. The average Bonchev–Trinajstić information content (AvgIpc) is 2.31. The Labute approximate surface area is 110 Å². The van der Waals surface area contributed by atoms with Crippen LogP contribution in [0.25, 0.3) is 0 Å². The van der Waals surface area contributed by atoms with Gasteiger partial charge in [-0.1, -0.05) is 11.6 Å². The number of carbonyl (C=O) groups is 2. The van der Waals surface area contributed by atoms with Crippen molar-refractivity contribution >= 4 is 23.5 Å². The molecule has 6 heteroatoms. The Hall–Kier alpha value is -1.75. The molecule has 98 valence electrons. The van der Waals surface area contributed by atoms with Gasteiger partial charge in [-0.05, 0) is 24.6 Å². The Kier molecular flexibility index (Phi) is 4.97. The van der Waals surface area contributed by atoms with Crippen LogP contribution in [0.2, 0.25) is 5.02 Å². The number of ether oxygens (including phenoxy) is 1. The highest BCUT2D eigenvalue weighted by molar-refractivity contribution is 6.31. The van der Waals surface area contributed by atoms with Gasteiger partial charge in [0.1, 0.15) is 5.75 Å². The number of methoxy groups -OCH3 is 1. The van der Waals surface area contributed by atoms with Gasteiger partial charge >= 0.3 is 5.97 Å². The van der Waals surface area contributed by atoms with E-state index in [1.807, 2.05) is 0 Å². The van der Waals surface area contributed by atoms with Crippen LogP contribution in [-0.4, -0.2) is 30.6 Å². The average molecular weight is 272 g/mol. The Morgan fingerprint density at radius 3 is 2.67 bits per heavy atom. The van der Waals surface area contributed by atoms with Crippen LogP contribution in [-0.2, 0) is 4.79 Å². The van der Waals surface area contributed by atoms with E-state index in [4.69, 9.17) is 21.4 Å². The topological polar surface area (TPSA) is 75.6 Å². The molecule has 0 aliphatic carbocycles. The van der Waals surface area contributed by atoms with Gasteiger partial charge in [-0.25, -0.2) is 0 Å². The standard InChI is InChI=1S/C12H14ClNO4/c1-7-5-10(18-2)8(6-9(7)13)12(17)14-4-3-11(15)16/h5-6H,3-4H2,1-2H3,(H,14,17)(H,15,16). The van der Waals surface area contributed by atoms with Gasteiger partial charge in [-0.15, -0.1) is 0 Å². The fraction of sp³-hybridized carbons (Fsp3) is 0.333. The third kappa shape index (κ3) is 3.63. The second-order valence-corrected chi connectivity index (χ2v) is 4.11. The van der Waals surface area contributed by atoms with Crippen LogP contribution in [0.3, 0.4) is 0 Å². The highest BCUT2D eigenvalue weighted by Crippen LogP contribution is 2.26. The summed E-state index contributed by atoms with van der Waals surface area (Å²) in [5.74, 6) is -0.969. The second-order valence-electron chi connectivity index (χ2n) is 3.70. The molecular weight excluding hydrogens is 258 g/mol. The van der Waals surface area contributed by atoms with Crippen molar-refractivity contribution in [2.24, 2.45) is 0 Å². The number of carbonyl (C=O) groups excluding carboxylic acids is 1. The van der Waals surface area contributed by atoms with Crippen molar-refractivity contribution in [2.45, 2.75) is 13.3 Å². The summed E-state index contributed by atoms with van der Waals surface area (Å²) in [6, 6.07) is 3.17. The number of aliphatic carboxylic acids is 1. The van der Waals surface area contributed by atoms with Gasteiger partial charge in [0.05, 0.1) is 19.1 Å². The lowest BCUT2D eigenvalue weighted by atomic mass is 10.1. The summed E-state index contributed by atoms with van der Waals surface area (Å²) >= 11 is 5.94. The molecule has 0 saturated carbocycles. The van der Waals surface area contributed by atoms with Gasteiger partial charge < -0.3 is 15.2 Å². The van der Waals surface area contributed by atoms with Gasteiger partial charge in [0.15, 0.2) is 0 Å². The number of hydrogen-bond donors (Lipinski definition) is 2. The van der Waals surface area contributed by atoms with Crippen molar-refractivity contribution in [2.75, 3.05) is 13.7 Å². The highest BCUT2D eigenvalue weighted by Gasteiger charge is 2.14. The molecule has 1 aromatic carbocycles. The van der Waals surface area contributed by atoms with E-state index in [-0.39, 0.29) is 13.0 Å². The van der Waals surface area contributed by atoms with Gasteiger partial charge in [-0.2, -0.15) is 0 Å². The van der Waals surface area contributed by atoms with E-state index in [9.17, 15) is 9.59 Å². The molecule has 2 N–H and O–H groups in total. The number of halogens is 1. The minimum atomic E-state index is -0.968. The fourth-order valence-corrected chi connectivity index (χ4v) is 1.54. The smallest absolute Gasteiger partial charge is 0.305 e. The highest BCUT2D eigenvalue weighted by atomic mass is 35.5. The summed E-state index contributed by atoms with van der Waals surface area (Å²) in [5, 5.41) is 11.4. The third-order valence-electron chi connectivity index (χ3n) is 2.35. The molecule has 5 nitrogen and oxygen atoms in total. The monoisotopic (exact) mass is 271 g/mol. The molecule has 0 heterocycles. The molecule has 0 aromatic heterocycles. The summed E-state index contributed by atoms with van der Waals surface area (Å²) in [4.78, 5) is 22.2. The molecule has 0 atom stereocenters. The van der Waals surface area contributed by atoms with Gasteiger partial charge in [0.2, 0.25) is 0 Å². The summed E-state index contributed by atoms with van der Waals surface area (Å²) in [6.07, 6.45) is -0.131. The van der Waals surface area contributed by atoms with Crippen molar-refractivity contribution in [3.8, 4) is 5.75 Å². The van der Waals surface area contributed by atoms with E-state index in [1.165, 1.54) is 13.2 Å². The number of nitrogens with one attached hydrogen (secondary N) is 1. The quantitative estimate of drug-likeness (QED) is 0.857. The molecule has 0 bridgehead atoms. The predicted octanol–water partition coefficient (Wildman–Crippen LogP) is 1.86. The lowest BCUT2D eigenvalue weighted by Gasteiger charge is -2.10. The first-order chi connectivity index (χ1) is 8.45. The number of aryl methyl sites for hydroxylation is 1. The zero-order valence-corrected chi connectivity index (χ0v) is 10.9. The van der Waals surface area contributed by atoms with Gasteiger partial charge in [0, 0.05) is 11.6 Å². The van der Waals surface area contributed by atoms with E-state index in [0.29, 0.717) is 16.3 Å². The first kappa shape index (κ1) is 14.3. The molecule has 1 amide bonds. The summed E-state index contributed by atoms with van der Waals surface area (Å²) in [5.41, 5.74) is 1.09. The van der Waals surface area contributed by atoms with Gasteiger partial charge in [-0.3, -0.25) is 9.59 Å². The second kappa shape index (κ2) is 6.26. The Balaban J connectivity index is 2.84. The maximum Gasteiger partial charge on any atom is 0.305 e. The van der Waals surface area contributed by atoms with Crippen molar-refractivity contribution in [3.63, 3.8) is 0 Å². The van der Waals surface area contributed by atoms with Gasteiger partial charge in [0.25, 0.3) is 5.91 Å². The van der Waals surface area contributed by atoms with Crippen LogP contribution in [0, 0.1) is 6.92 Å². The molecule has 0 saturated heterocycles. The summed E-state index contributed by atoms with van der Waals surface area (Å²) in [6.45, 7) is 1.86. The van der Waals surface area contributed by atoms with Crippen molar-refractivity contribution in [1.82, 2.24) is 5.32 Å². The Morgan fingerprint density at radius 2 is 2.11 bits per heavy atom. The van der Waals surface area contributed by atoms with Crippen LogP contribution in [0.4, 0.5) is 0 Å². The predicted molar refractivity (Wildman–Crippen MR) is 67.3 cm³/mol. The number of carboxylic acid groups (broad SMARTS) is 1. The molecule has 1 aromatic rings. The summed E-state index contributed by atoms with van der Waals surface area (Å²) < 4.78 is 5.09. The van der Waals surface area contributed by atoms with Crippen molar-refractivity contribution < 1.29 is 19.4 Å². The van der Waals surface area contributed by atoms with Crippen molar-refractivity contribution in [3.05, 3.63) is 28.3 Å². The largest absolute Gasteiger partial charge is 0.496 e. The molecule has 1 rings (SSSR count). The SMILES string of the molecule is COc1cc(C)c(Cl)cc1C(=O)NCCC(=O)O. The number of amides is 1. The van der Waals surface area contributed by atoms with E-state index in [0.717, 1.165) is 5.56 Å². The maximum atomic E-state index is 11.8. The van der Waals surface area contributed by atoms with E-state index >= 15 is 0 Å². The molecular formula is C12H14ClNO4. The molecule has 0 fully saturated rings. The molecule has 0 aliphatic heterocycles. The van der Waals surface area contributed by atoms with Crippen LogP contribution in [0.1, 0.15) is 22.3 Å². The van der Waals surface area contributed by atoms with E-state index in [1.54, 1.807) is 13.0 Å². The zero-order valence-electron chi connectivity index (χ0n) is 10.1. The molecule has 0 spiro atoms. The Morgan fingerprint density at radius 1 is 1.44 bits per heavy atom. The number of hydrogen-bond acceptors (Lipinski definition) is 3. The zero-order chi connectivity index (χ0) is 13.7. The normalized spacial score (nSPS) is 9.94. The molecule has 0 unspecified atom stereocenters. The molecule has 0 aliphatic rings. The van der Waals surface area contributed by atoms with E-state index in [2.05, 4.69) is 5.32 Å². The first-order valence-corrected chi connectivity index (χ1v) is 5.67. The minimum absolute atomic E-state index is 0.0583. The molecule has 0 radical (unpaired) electrons. The number of benzene rings is 1. The van der Waals surface area contributed by atoms with E-state index < -0.39 is 11.9 Å². The lowest BCUT2D eigenvalue weighted by Crippen LogP contribution is -2.26. The van der Waals surface area contributed by atoms with Crippen LogP contribution in [0.5, 0.6) is 5.75 Å². The van der Waals surface area contributed by atoms with Crippen molar-refractivity contribution in [1.29, 1.82) is 0 Å². The molecule has 18 heavy (non-hydrogen) atoms. The Bertz CT molecular complexity index is 473. The minimum Gasteiger partial charge on any atom is -0.496 e. The fourth-order valence-electron chi connectivity index (χ4n) is 1.38. The van der Waals surface area contributed by atoms with Crippen LogP contribution >= 0.6 is 11.6 Å².